The van der Waals surface area contributed by atoms with E-state index < -0.39 is 18.5 Å². The van der Waals surface area contributed by atoms with Gasteiger partial charge in [0, 0.05) is 10.9 Å². The molecule has 0 atom stereocenters. The van der Waals surface area contributed by atoms with Crippen LogP contribution in [0.4, 0.5) is 0 Å². The number of pyridine rings is 1. The van der Waals surface area contributed by atoms with Crippen LogP contribution in [0.15, 0.2) is 48.5 Å². The third-order valence-electron chi connectivity index (χ3n) is 4.16. The fraction of sp³-hybridized carbons (Fsp3) is 0.190. The van der Waals surface area contributed by atoms with Crippen LogP contribution in [0.3, 0.4) is 0 Å². The lowest BCUT2D eigenvalue weighted by atomic mass is 10.0. The van der Waals surface area contributed by atoms with Crippen LogP contribution in [0.25, 0.3) is 22.2 Å². The van der Waals surface area contributed by atoms with E-state index in [1.807, 2.05) is 12.1 Å². The molecule has 0 aliphatic heterocycles. The number of rotatable bonds is 6. The smallest absolute Gasteiger partial charge is 0.344 e. The summed E-state index contributed by atoms with van der Waals surface area (Å²) in [5, 5.41) is 0.626. The fourth-order valence-corrected chi connectivity index (χ4v) is 2.75. The second kappa shape index (κ2) is 8.39. The largest absolute Gasteiger partial charge is 0.493 e. The van der Waals surface area contributed by atoms with Gasteiger partial charge in [-0.1, -0.05) is 18.2 Å². The Labute approximate surface area is 161 Å². The number of benzene rings is 2. The molecule has 0 aliphatic rings. The molecule has 2 aromatic carbocycles. The third kappa shape index (κ3) is 3.88. The topological polar surface area (TPSA) is 84.0 Å². The van der Waals surface area contributed by atoms with Crippen molar-refractivity contribution in [2.24, 2.45) is 0 Å². The van der Waals surface area contributed by atoms with Crippen molar-refractivity contribution in [3.8, 4) is 22.8 Å². The molecule has 3 rings (SSSR count). The van der Waals surface area contributed by atoms with Crippen molar-refractivity contribution >= 4 is 22.8 Å². The van der Waals surface area contributed by atoms with Crippen LogP contribution in [-0.2, 0) is 14.3 Å². The molecule has 0 saturated carbocycles. The molecule has 0 fully saturated rings. The molecule has 0 bridgehead atoms. The van der Waals surface area contributed by atoms with E-state index in [0.29, 0.717) is 33.7 Å². The Hall–Kier alpha value is -3.61. The Kier molecular flexibility index (Phi) is 5.74. The molecular weight excluding hydrogens is 362 g/mol. The number of methoxy groups -OCH3 is 3. The minimum Gasteiger partial charge on any atom is -0.493 e. The molecule has 1 heterocycles. The second-order valence-electron chi connectivity index (χ2n) is 5.79. The Bertz CT molecular complexity index is 1030. The van der Waals surface area contributed by atoms with E-state index in [9.17, 15) is 9.59 Å². The second-order valence-corrected chi connectivity index (χ2v) is 5.79. The molecule has 0 radical (unpaired) electrons. The maximum Gasteiger partial charge on any atom is 0.344 e. The summed E-state index contributed by atoms with van der Waals surface area (Å²) in [4.78, 5) is 28.5. The van der Waals surface area contributed by atoms with E-state index >= 15 is 0 Å². The lowest BCUT2D eigenvalue weighted by Crippen LogP contribution is -2.15. The molecule has 0 aliphatic carbocycles. The van der Waals surface area contributed by atoms with Gasteiger partial charge in [0.05, 0.1) is 38.1 Å². The normalized spacial score (nSPS) is 10.4. The van der Waals surface area contributed by atoms with E-state index in [-0.39, 0.29) is 0 Å². The number of carbonyl (C=O) groups is 2. The van der Waals surface area contributed by atoms with Crippen LogP contribution in [0.5, 0.6) is 11.5 Å². The van der Waals surface area contributed by atoms with Crippen molar-refractivity contribution in [3.05, 3.63) is 54.1 Å². The predicted molar refractivity (Wildman–Crippen MR) is 103 cm³/mol. The van der Waals surface area contributed by atoms with Gasteiger partial charge in [-0.2, -0.15) is 0 Å². The number of fused-ring (bicyclic) bond motifs is 1. The first-order chi connectivity index (χ1) is 13.6. The maximum absolute atomic E-state index is 12.6. The predicted octanol–water partition coefficient (Wildman–Crippen LogP) is 3.25. The molecule has 7 heteroatoms. The summed E-state index contributed by atoms with van der Waals surface area (Å²) in [6.07, 6.45) is 0. The summed E-state index contributed by atoms with van der Waals surface area (Å²) < 4.78 is 20.2. The fourth-order valence-electron chi connectivity index (χ4n) is 2.75. The number of aromatic nitrogens is 1. The van der Waals surface area contributed by atoms with Crippen LogP contribution in [0.1, 0.15) is 10.4 Å². The monoisotopic (exact) mass is 381 g/mol. The molecule has 1 aromatic heterocycles. The summed E-state index contributed by atoms with van der Waals surface area (Å²) in [5.74, 6) is -0.132. The van der Waals surface area contributed by atoms with Gasteiger partial charge in [0.2, 0.25) is 0 Å². The number of para-hydroxylation sites is 1. The highest BCUT2D eigenvalue weighted by molar-refractivity contribution is 6.05. The SMILES string of the molecule is COC(=O)COC(=O)c1cc(-c2ccc(OC)c(OC)c2)nc2ccccc12. The quantitative estimate of drug-likeness (QED) is 0.606. The molecule has 28 heavy (non-hydrogen) atoms. The van der Waals surface area contributed by atoms with Gasteiger partial charge in [-0.25, -0.2) is 14.6 Å². The zero-order valence-corrected chi connectivity index (χ0v) is 15.7. The van der Waals surface area contributed by atoms with E-state index in [1.54, 1.807) is 50.6 Å². The molecule has 3 aromatic rings. The summed E-state index contributed by atoms with van der Waals surface area (Å²) >= 11 is 0. The molecular formula is C21H19NO6. The van der Waals surface area contributed by atoms with E-state index in [2.05, 4.69) is 9.72 Å². The van der Waals surface area contributed by atoms with Crippen LogP contribution >= 0.6 is 0 Å². The van der Waals surface area contributed by atoms with Crippen molar-refractivity contribution < 1.29 is 28.5 Å². The Morgan fingerprint density at radius 2 is 1.68 bits per heavy atom. The minimum atomic E-state index is -0.634. The standard InChI is InChI=1S/C21H19NO6/c1-25-18-9-8-13(10-19(18)26-2)17-11-15(21(24)28-12-20(23)27-3)14-6-4-5-7-16(14)22-17/h4-11H,12H2,1-3H3. The van der Waals surface area contributed by atoms with Crippen LogP contribution < -0.4 is 9.47 Å². The summed E-state index contributed by atoms with van der Waals surface area (Å²) in [7, 11) is 4.33. The van der Waals surface area contributed by atoms with E-state index in [4.69, 9.17) is 14.2 Å². The molecule has 0 unspecified atom stereocenters. The van der Waals surface area contributed by atoms with Gasteiger partial charge in [0.1, 0.15) is 0 Å². The van der Waals surface area contributed by atoms with Gasteiger partial charge in [-0.3, -0.25) is 0 Å². The number of carbonyl (C=O) groups excluding carboxylic acids is 2. The van der Waals surface area contributed by atoms with Crippen molar-refractivity contribution in [2.45, 2.75) is 0 Å². The van der Waals surface area contributed by atoms with Crippen molar-refractivity contribution in [2.75, 3.05) is 27.9 Å². The number of nitrogens with zero attached hydrogens (tertiary/aromatic N) is 1. The van der Waals surface area contributed by atoms with Crippen LogP contribution in [0, 0.1) is 0 Å². The zero-order chi connectivity index (χ0) is 20.1. The van der Waals surface area contributed by atoms with E-state index in [0.717, 1.165) is 5.56 Å². The Morgan fingerprint density at radius 3 is 2.39 bits per heavy atom. The van der Waals surface area contributed by atoms with Crippen molar-refractivity contribution in [3.63, 3.8) is 0 Å². The van der Waals surface area contributed by atoms with Crippen molar-refractivity contribution in [1.29, 1.82) is 0 Å². The van der Waals surface area contributed by atoms with Crippen molar-refractivity contribution in [1.82, 2.24) is 4.98 Å². The summed E-state index contributed by atoms with van der Waals surface area (Å²) in [6.45, 7) is -0.461. The molecule has 0 spiro atoms. The lowest BCUT2D eigenvalue weighted by molar-refractivity contribution is -0.144. The molecule has 7 nitrogen and oxygen atoms in total. The lowest BCUT2D eigenvalue weighted by Gasteiger charge is -2.12. The van der Waals surface area contributed by atoms with Gasteiger partial charge in [0.15, 0.2) is 18.1 Å². The van der Waals surface area contributed by atoms with Gasteiger partial charge in [0.25, 0.3) is 0 Å². The van der Waals surface area contributed by atoms with Gasteiger partial charge >= 0.3 is 11.9 Å². The molecule has 0 amide bonds. The first kappa shape index (κ1) is 19.2. The highest BCUT2D eigenvalue weighted by Gasteiger charge is 2.17. The highest BCUT2D eigenvalue weighted by atomic mass is 16.6. The number of esters is 2. The zero-order valence-electron chi connectivity index (χ0n) is 15.7. The highest BCUT2D eigenvalue weighted by Crippen LogP contribution is 2.33. The average Bonchev–Trinajstić information content (AvgIpc) is 2.75. The van der Waals surface area contributed by atoms with Crippen LogP contribution in [0.2, 0.25) is 0 Å². The van der Waals surface area contributed by atoms with Gasteiger partial charge < -0.3 is 18.9 Å². The summed E-state index contributed by atoms with van der Waals surface area (Å²) in [5.41, 5.74) is 2.23. The Balaban J connectivity index is 2.07. The molecule has 0 N–H and O–H groups in total. The minimum absolute atomic E-state index is 0.305. The van der Waals surface area contributed by atoms with Crippen LogP contribution in [-0.4, -0.2) is 44.9 Å². The molecule has 144 valence electrons. The number of hydrogen-bond acceptors (Lipinski definition) is 7. The Morgan fingerprint density at radius 1 is 0.929 bits per heavy atom. The van der Waals surface area contributed by atoms with Gasteiger partial charge in [-0.05, 0) is 30.3 Å². The maximum atomic E-state index is 12.6. The summed E-state index contributed by atoms with van der Waals surface area (Å²) in [6, 6.07) is 14.2. The number of hydrogen-bond donors (Lipinski definition) is 0. The molecule has 0 saturated heterocycles. The van der Waals surface area contributed by atoms with Gasteiger partial charge in [-0.15, -0.1) is 0 Å². The first-order valence-corrected chi connectivity index (χ1v) is 8.43. The third-order valence-corrected chi connectivity index (χ3v) is 4.16. The number of ether oxygens (including phenoxy) is 4. The average molecular weight is 381 g/mol. The van der Waals surface area contributed by atoms with E-state index in [1.165, 1.54) is 7.11 Å². The first-order valence-electron chi connectivity index (χ1n) is 8.43.